The number of ether oxygens (including phenoxy) is 1. The fourth-order valence-electron chi connectivity index (χ4n) is 3.41. The van der Waals surface area contributed by atoms with Gasteiger partial charge in [-0.2, -0.15) is 13.2 Å². The second-order valence-corrected chi connectivity index (χ2v) is 6.87. The lowest BCUT2D eigenvalue weighted by Crippen LogP contribution is -2.48. The van der Waals surface area contributed by atoms with Crippen molar-refractivity contribution >= 4 is 17.3 Å². The molecule has 4 nitrogen and oxygen atoms in total. The highest BCUT2D eigenvalue weighted by molar-refractivity contribution is 5.77. The summed E-state index contributed by atoms with van der Waals surface area (Å²) in [6.45, 7) is 1.95. The van der Waals surface area contributed by atoms with Gasteiger partial charge in [-0.05, 0) is 48.7 Å². The molecule has 0 spiro atoms. The van der Waals surface area contributed by atoms with Crippen molar-refractivity contribution in [1.29, 1.82) is 0 Å². The first-order chi connectivity index (χ1) is 12.9. The van der Waals surface area contributed by atoms with Gasteiger partial charge in [0.15, 0.2) is 0 Å². The van der Waals surface area contributed by atoms with Gasteiger partial charge in [-0.15, -0.1) is 0 Å². The third-order valence-electron chi connectivity index (χ3n) is 4.99. The summed E-state index contributed by atoms with van der Waals surface area (Å²) in [5, 5.41) is 3.03. The number of carbonyl (C=O) groups excluding carboxylic acids is 1. The molecule has 0 radical (unpaired) electrons. The van der Waals surface area contributed by atoms with Gasteiger partial charge < -0.3 is 15.0 Å². The lowest BCUT2D eigenvalue weighted by atomic mass is 9.98. The molecule has 2 heterocycles. The van der Waals surface area contributed by atoms with Crippen LogP contribution in [0.25, 0.3) is 0 Å². The van der Waals surface area contributed by atoms with Crippen LogP contribution in [0.15, 0.2) is 42.5 Å². The molecule has 0 atom stereocenters. The highest BCUT2D eigenvalue weighted by Crippen LogP contribution is 2.38. The lowest BCUT2D eigenvalue weighted by Gasteiger charge is -2.32. The molecule has 1 saturated heterocycles. The molecule has 1 fully saturated rings. The molecule has 7 heteroatoms. The molecule has 4 rings (SSSR count). The van der Waals surface area contributed by atoms with Gasteiger partial charge in [-0.1, -0.05) is 6.07 Å². The first-order valence-electron chi connectivity index (χ1n) is 8.92. The topological polar surface area (TPSA) is 41.6 Å². The van der Waals surface area contributed by atoms with E-state index < -0.39 is 11.7 Å². The van der Waals surface area contributed by atoms with E-state index in [4.69, 9.17) is 4.74 Å². The number of benzene rings is 2. The number of alkyl halides is 3. The maximum atomic E-state index is 13.0. The minimum Gasteiger partial charge on any atom is -0.426 e. The van der Waals surface area contributed by atoms with Gasteiger partial charge in [0.2, 0.25) is 0 Å². The Balaban J connectivity index is 1.59. The van der Waals surface area contributed by atoms with Crippen molar-refractivity contribution in [2.24, 2.45) is 5.92 Å². The average Bonchev–Trinajstić information content (AvgIpc) is 2.58. The third-order valence-corrected chi connectivity index (χ3v) is 4.99. The van der Waals surface area contributed by atoms with Gasteiger partial charge in [0.05, 0.1) is 11.5 Å². The lowest BCUT2D eigenvalue weighted by molar-refractivity contribution is -0.140. The van der Waals surface area contributed by atoms with E-state index in [1.54, 1.807) is 18.2 Å². The molecule has 27 heavy (non-hydrogen) atoms. The molecule has 0 amide bonds. The van der Waals surface area contributed by atoms with Crippen LogP contribution in [-0.4, -0.2) is 25.6 Å². The van der Waals surface area contributed by atoms with Gasteiger partial charge >= 0.3 is 12.1 Å². The molecule has 0 aliphatic carbocycles. The largest absolute Gasteiger partial charge is 0.426 e. The fourth-order valence-corrected chi connectivity index (χ4v) is 3.41. The highest BCUT2D eigenvalue weighted by Gasteiger charge is 2.32. The summed E-state index contributed by atoms with van der Waals surface area (Å²) >= 11 is 0. The summed E-state index contributed by atoms with van der Waals surface area (Å²) in [7, 11) is 0. The molecular formula is C20H19F3N2O2. The van der Waals surface area contributed by atoms with Crippen LogP contribution in [-0.2, 0) is 17.4 Å². The smallest absolute Gasteiger partial charge is 0.416 e. The van der Waals surface area contributed by atoms with Crippen molar-refractivity contribution in [3.63, 3.8) is 0 Å². The molecule has 2 aromatic rings. The van der Waals surface area contributed by atoms with Gasteiger partial charge in [-0.3, -0.25) is 4.79 Å². The molecule has 1 N–H and O–H groups in total. The minimum absolute atomic E-state index is 0.120. The van der Waals surface area contributed by atoms with E-state index in [2.05, 4.69) is 5.32 Å². The first-order valence-corrected chi connectivity index (χ1v) is 8.92. The third kappa shape index (κ3) is 3.64. The molecule has 2 aromatic carbocycles. The maximum absolute atomic E-state index is 13.0. The zero-order valence-electron chi connectivity index (χ0n) is 14.6. The normalized spacial score (nSPS) is 17.2. The number of halogens is 3. The van der Waals surface area contributed by atoms with Crippen molar-refractivity contribution < 1.29 is 22.7 Å². The Labute approximate surface area is 154 Å². The van der Waals surface area contributed by atoms with Crippen LogP contribution in [0.3, 0.4) is 0 Å². The molecule has 0 unspecified atom stereocenters. The maximum Gasteiger partial charge on any atom is 0.416 e. The van der Waals surface area contributed by atoms with Crippen molar-refractivity contribution in [2.45, 2.75) is 19.0 Å². The van der Waals surface area contributed by atoms with Crippen LogP contribution in [0, 0.1) is 5.92 Å². The van der Waals surface area contributed by atoms with Gasteiger partial charge in [-0.25, -0.2) is 0 Å². The van der Waals surface area contributed by atoms with Crippen LogP contribution in [0.4, 0.5) is 24.5 Å². The predicted octanol–water partition coefficient (Wildman–Crippen LogP) is 3.91. The van der Waals surface area contributed by atoms with E-state index in [0.717, 1.165) is 23.9 Å². The van der Waals surface area contributed by atoms with E-state index in [1.165, 1.54) is 12.1 Å². The van der Waals surface area contributed by atoms with E-state index in [9.17, 15) is 18.0 Å². The van der Waals surface area contributed by atoms with E-state index in [1.807, 2.05) is 11.0 Å². The number of fused-ring (bicyclic) bond motifs is 1. The number of carbonyl (C=O) groups is 1. The van der Waals surface area contributed by atoms with Crippen LogP contribution >= 0.6 is 0 Å². The molecular weight excluding hydrogens is 357 g/mol. The number of nitrogens with one attached hydrogen (secondary N) is 1. The molecule has 2 aliphatic rings. The summed E-state index contributed by atoms with van der Waals surface area (Å²) in [4.78, 5) is 14.0. The summed E-state index contributed by atoms with van der Waals surface area (Å²) in [5.41, 5.74) is 1.62. The number of aryl methyl sites for hydroxylation is 1. The summed E-state index contributed by atoms with van der Waals surface area (Å²) in [5.74, 6) is 0.0633. The zero-order valence-corrected chi connectivity index (χ0v) is 14.6. The van der Waals surface area contributed by atoms with Gasteiger partial charge in [0, 0.05) is 37.1 Å². The van der Waals surface area contributed by atoms with Gasteiger partial charge in [0.25, 0.3) is 0 Å². The van der Waals surface area contributed by atoms with E-state index >= 15 is 0 Å². The molecule has 2 aliphatic heterocycles. The number of anilines is 2. The minimum atomic E-state index is -4.35. The van der Waals surface area contributed by atoms with Crippen molar-refractivity contribution in [1.82, 2.24) is 5.32 Å². The van der Waals surface area contributed by atoms with Crippen LogP contribution in [0.1, 0.15) is 17.5 Å². The first kappa shape index (κ1) is 17.9. The second-order valence-electron chi connectivity index (χ2n) is 6.87. The quantitative estimate of drug-likeness (QED) is 0.651. The van der Waals surface area contributed by atoms with Crippen LogP contribution < -0.4 is 15.0 Å². The van der Waals surface area contributed by atoms with Crippen LogP contribution in [0.5, 0.6) is 5.75 Å². The fraction of sp³-hybridized carbons (Fsp3) is 0.350. The second kappa shape index (κ2) is 6.88. The number of esters is 1. The molecule has 0 bridgehead atoms. The Morgan fingerprint density at radius 1 is 1.15 bits per heavy atom. The summed E-state index contributed by atoms with van der Waals surface area (Å²) in [6.07, 6.45) is -2.98. The Bertz CT molecular complexity index is 863. The van der Waals surface area contributed by atoms with Crippen molar-refractivity contribution in [2.75, 3.05) is 24.5 Å². The highest BCUT2D eigenvalue weighted by atomic mass is 19.4. The standard InChI is InChI=1S/C20H19F3N2O2/c21-20(22,23)15-6-7-18-13(9-15)3-2-8-25(18)16-4-1-5-17(10-16)27-19(26)14-11-24-12-14/h1,4-7,9-10,14,24H,2-3,8,11-12H2. The average molecular weight is 376 g/mol. The number of hydrogen-bond donors (Lipinski definition) is 1. The summed E-state index contributed by atoms with van der Waals surface area (Å²) in [6, 6.07) is 11.0. The Morgan fingerprint density at radius 2 is 1.96 bits per heavy atom. The molecule has 142 valence electrons. The van der Waals surface area contributed by atoms with Gasteiger partial charge in [0.1, 0.15) is 5.75 Å². The Kier molecular flexibility index (Phi) is 4.55. The van der Waals surface area contributed by atoms with Crippen molar-refractivity contribution in [3.05, 3.63) is 53.6 Å². The van der Waals surface area contributed by atoms with E-state index in [0.29, 0.717) is 37.4 Å². The predicted molar refractivity (Wildman–Crippen MR) is 95.2 cm³/mol. The SMILES string of the molecule is O=C(Oc1cccc(N2CCCc3cc(C(F)(F)F)ccc32)c1)C1CNC1. The number of rotatable bonds is 3. The van der Waals surface area contributed by atoms with E-state index in [-0.39, 0.29) is 11.9 Å². The zero-order chi connectivity index (χ0) is 19.0. The van der Waals surface area contributed by atoms with Crippen LogP contribution in [0.2, 0.25) is 0 Å². The number of nitrogens with zero attached hydrogens (tertiary/aromatic N) is 1. The number of hydrogen-bond acceptors (Lipinski definition) is 4. The Hall–Kier alpha value is -2.54. The monoisotopic (exact) mass is 376 g/mol. The summed E-state index contributed by atoms with van der Waals surface area (Å²) < 4.78 is 44.4. The Morgan fingerprint density at radius 3 is 2.67 bits per heavy atom. The van der Waals surface area contributed by atoms with Crippen molar-refractivity contribution in [3.8, 4) is 5.75 Å². The molecule has 0 aromatic heterocycles. The molecule has 0 saturated carbocycles.